The van der Waals surface area contributed by atoms with Crippen molar-refractivity contribution >= 4 is 29.1 Å². The van der Waals surface area contributed by atoms with Crippen molar-refractivity contribution < 1.29 is 4.79 Å². The van der Waals surface area contributed by atoms with Gasteiger partial charge in [-0.3, -0.25) is 4.79 Å². The van der Waals surface area contributed by atoms with Crippen LogP contribution in [0.15, 0.2) is 78.9 Å². The first-order valence-electron chi connectivity index (χ1n) is 11.6. The van der Waals surface area contributed by atoms with Gasteiger partial charge in [0.25, 0.3) is 5.91 Å². The smallest absolute Gasteiger partial charge is 0.251 e. The van der Waals surface area contributed by atoms with Crippen LogP contribution in [-0.4, -0.2) is 36.5 Å². The number of carbonyl (C=O) groups excluding carboxylic acids is 1. The maximum atomic E-state index is 12.9. The van der Waals surface area contributed by atoms with Gasteiger partial charge in [-0.25, -0.2) is 0 Å². The fraction of sp³-hybridized carbons (Fsp3) is 0.321. The van der Waals surface area contributed by atoms with Gasteiger partial charge < -0.3 is 10.2 Å². The Morgan fingerprint density at radius 2 is 1.55 bits per heavy atom. The fourth-order valence-corrected chi connectivity index (χ4v) is 4.92. The van der Waals surface area contributed by atoms with Crippen LogP contribution in [0.25, 0.3) is 0 Å². The summed E-state index contributed by atoms with van der Waals surface area (Å²) in [5, 5.41) is 4.35. The van der Waals surface area contributed by atoms with Gasteiger partial charge in [0.1, 0.15) is 0 Å². The number of nitrogens with zero attached hydrogens (tertiary/aromatic N) is 1. The average Bonchev–Trinajstić information content (AvgIpc) is 2.84. The van der Waals surface area contributed by atoms with Crippen LogP contribution in [0.2, 0.25) is 10.0 Å². The Kier molecular flexibility index (Phi) is 8.44. The van der Waals surface area contributed by atoms with Crippen LogP contribution in [0.4, 0.5) is 0 Å². The molecule has 0 spiro atoms. The first kappa shape index (κ1) is 23.8. The number of likely N-dealkylation sites (tertiary alicyclic amines) is 1. The minimum atomic E-state index is -0.0420. The molecule has 1 unspecified atom stereocenters. The third kappa shape index (κ3) is 7.07. The monoisotopic (exact) mass is 480 g/mol. The predicted molar refractivity (Wildman–Crippen MR) is 137 cm³/mol. The summed E-state index contributed by atoms with van der Waals surface area (Å²) in [7, 11) is 0. The Balaban J connectivity index is 1.38. The quantitative estimate of drug-likeness (QED) is 0.410. The molecule has 1 fully saturated rings. The highest BCUT2D eigenvalue weighted by Crippen LogP contribution is 2.25. The van der Waals surface area contributed by atoms with Crippen LogP contribution in [0.1, 0.15) is 34.3 Å². The number of nitrogens with one attached hydrogen (secondary N) is 1. The fourth-order valence-electron chi connectivity index (χ4n) is 4.60. The molecule has 1 aliphatic heterocycles. The van der Waals surface area contributed by atoms with E-state index in [1.165, 1.54) is 18.4 Å². The molecule has 3 nitrogen and oxygen atoms in total. The third-order valence-electron chi connectivity index (χ3n) is 6.39. The molecule has 1 heterocycles. The standard InChI is InChI=1S/C28H30Cl2N2O/c29-26-12-11-23(19-27(26)30)18-25(31-28(33)24-9-5-2-6-10-24)20-32-15-13-22(14-16-32)17-21-7-3-1-4-8-21/h1-12,19,22,25H,13-18,20H2,(H,31,33). The summed E-state index contributed by atoms with van der Waals surface area (Å²) in [5.74, 6) is 0.677. The van der Waals surface area contributed by atoms with Gasteiger partial charge in [0.2, 0.25) is 0 Å². The summed E-state index contributed by atoms with van der Waals surface area (Å²) >= 11 is 12.3. The lowest BCUT2D eigenvalue weighted by Gasteiger charge is -2.34. The molecule has 3 aromatic rings. The molecule has 1 amide bonds. The number of benzene rings is 3. The zero-order chi connectivity index (χ0) is 23.0. The number of carbonyl (C=O) groups is 1. The highest BCUT2D eigenvalue weighted by atomic mass is 35.5. The second-order valence-corrected chi connectivity index (χ2v) is 9.74. The van der Waals surface area contributed by atoms with E-state index < -0.39 is 0 Å². The molecule has 0 saturated carbocycles. The van der Waals surface area contributed by atoms with E-state index in [0.717, 1.165) is 37.5 Å². The molecule has 4 rings (SSSR count). The molecule has 1 N–H and O–H groups in total. The van der Waals surface area contributed by atoms with E-state index in [9.17, 15) is 4.79 Å². The van der Waals surface area contributed by atoms with Gasteiger partial charge in [-0.1, -0.05) is 77.8 Å². The van der Waals surface area contributed by atoms with E-state index in [1.54, 1.807) is 0 Å². The molecule has 33 heavy (non-hydrogen) atoms. The van der Waals surface area contributed by atoms with Crippen molar-refractivity contribution in [2.75, 3.05) is 19.6 Å². The summed E-state index contributed by atoms with van der Waals surface area (Å²) in [6.45, 7) is 2.92. The number of rotatable bonds is 8. The zero-order valence-electron chi connectivity index (χ0n) is 18.7. The molecule has 0 radical (unpaired) electrons. The Hall–Kier alpha value is -2.33. The molecular formula is C28H30Cl2N2O. The van der Waals surface area contributed by atoms with E-state index in [-0.39, 0.29) is 11.9 Å². The first-order valence-corrected chi connectivity index (χ1v) is 12.4. The second kappa shape index (κ2) is 11.7. The third-order valence-corrected chi connectivity index (χ3v) is 7.13. The Labute approximate surface area is 206 Å². The van der Waals surface area contributed by atoms with Crippen molar-refractivity contribution in [2.24, 2.45) is 5.92 Å². The predicted octanol–water partition coefficient (Wildman–Crippen LogP) is 6.29. The molecule has 1 atom stereocenters. The highest BCUT2D eigenvalue weighted by Gasteiger charge is 2.23. The highest BCUT2D eigenvalue weighted by molar-refractivity contribution is 6.42. The van der Waals surface area contributed by atoms with Gasteiger partial charge >= 0.3 is 0 Å². The normalized spacial score (nSPS) is 15.8. The lowest BCUT2D eigenvalue weighted by atomic mass is 9.90. The van der Waals surface area contributed by atoms with E-state index in [1.807, 2.05) is 48.5 Å². The van der Waals surface area contributed by atoms with Crippen molar-refractivity contribution in [3.8, 4) is 0 Å². The molecule has 172 valence electrons. The minimum absolute atomic E-state index is 0.0133. The largest absolute Gasteiger partial charge is 0.348 e. The Bertz CT molecular complexity index is 1030. The van der Waals surface area contributed by atoms with Crippen molar-refractivity contribution in [1.82, 2.24) is 10.2 Å². The van der Waals surface area contributed by atoms with Crippen LogP contribution in [0.3, 0.4) is 0 Å². The van der Waals surface area contributed by atoms with Gasteiger partial charge in [0, 0.05) is 18.2 Å². The van der Waals surface area contributed by atoms with Gasteiger partial charge in [-0.2, -0.15) is 0 Å². The minimum Gasteiger partial charge on any atom is -0.348 e. The SMILES string of the molecule is O=C(NC(Cc1ccc(Cl)c(Cl)c1)CN1CCC(Cc2ccccc2)CC1)c1ccccc1. The van der Waals surface area contributed by atoms with Crippen LogP contribution in [-0.2, 0) is 12.8 Å². The van der Waals surface area contributed by atoms with Crippen LogP contribution < -0.4 is 5.32 Å². The van der Waals surface area contributed by atoms with Crippen molar-refractivity contribution in [3.63, 3.8) is 0 Å². The Morgan fingerprint density at radius 3 is 2.21 bits per heavy atom. The first-order chi connectivity index (χ1) is 16.1. The molecule has 0 bridgehead atoms. The number of halogens is 2. The van der Waals surface area contributed by atoms with E-state index in [4.69, 9.17) is 23.2 Å². The number of amides is 1. The summed E-state index contributed by atoms with van der Waals surface area (Å²) in [4.78, 5) is 15.4. The number of hydrogen-bond donors (Lipinski definition) is 1. The van der Waals surface area contributed by atoms with Gasteiger partial charge in [-0.05, 0) is 80.1 Å². The summed E-state index contributed by atoms with van der Waals surface area (Å²) in [5.41, 5.74) is 3.17. The van der Waals surface area contributed by atoms with Crippen molar-refractivity contribution in [3.05, 3.63) is 106 Å². The molecule has 1 saturated heterocycles. The average molecular weight is 481 g/mol. The molecule has 5 heteroatoms. The zero-order valence-corrected chi connectivity index (χ0v) is 20.2. The van der Waals surface area contributed by atoms with E-state index >= 15 is 0 Å². The van der Waals surface area contributed by atoms with Crippen LogP contribution in [0, 0.1) is 5.92 Å². The van der Waals surface area contributed by atoms with E-state index in [0.29, 0.717) is 22.0 Å². The molecule has 0 aromatic heterocycles. The van der Waals surface area contributed by atoms with Gasteiger partial charge in [0.05, 0.1) is 10.0 Å². The number of hydrogen-bond acceptors (Lipinski definition) is 2. The molecule has 0 aliphatic carbocycles. The molecular weight excluding hydrogens is 451 g/mol. The second-order valence-electron chi connectivity index (χ2n) is 8.92. The van der Waals surface area contributed by atoms with E-state index in [2.05, 4.69) is 40.5 Å². The summed E-state index contributed by atoms with van der Waals surface area (Å²) < 4.78 is 0. The summed E-state index contributed by atoms with van der Waals surface area (Å²) in [6.07, 6.45) is 4.22. The lowest BCUT2D eigenvalue weighted by molar-refractivity contribution is 0.0914. The van der Waals surface area contributed by atoms with Gasteiger partial charge in [0.15, 0.2) is 0 Å². The molecule has 1 aliphatic rings. The topological polar surface area (TPSA) is 32.3 Å². The maximum Gasteiger partial charge on any atom is 0.251 e. The maximum absolute atomic E-state index is 12.9. The van der Waals surface area contributed by atoms with Crippen LogP contribution >= 0.6 is 23.2 Å². The van der Waals surface area contributed by atoms with Crippen molar-refractivity contribution in [2.45, 2.75) is 31.7 Å². The Morgan fingerprint density at radius 1 is 0.879 bits per heavy atom. The number of piperidine rings is 1. The lowest BCUT2D eigenvalue weighted by Crippen LogP contribution is -2.47. The van der Waals surface area contributed by atoms with Gasteiger partial charge in [-0.15, -0.1) is 0 Å². The van der Waals surface area contributed by atoms with Crippen molar-refractivity contribution in [1.29, 1.82) is 0 Å². The molecule has 3 aromatic carbocycles. The summed E-state index contributed by atoms with van der Waals surface area (Å²) in [6, 6.07) is 25.8. The van der Waals surface area contributed by atoms with Crippen LogP contribution in [0.5, 0.6) is 0 Å².